The molecule has 0 aliphatic heterocycles. The summed E-state index contributed by atoms with van der Waals surface area (Å²) in [6.45, 7) is -3.25. The molecule has 0 bridgehead atoms. The van der Waals surface area contributed by atoms with Gasteiger partial charge in [-0.25, -0.2) is 4.84 Å². The number of ketones is 2. The number of aromatic hydroxyl groups is 1. The van der Waals surface area contributed by atoms with Crippen LogP contribution in [0.1, 0.15) is 23.1 Å². The number of phenols is 1. The third-order valence-corrected chi connectivity index (χ3v) is 7.43. The molecule has 0 aromatic heterocycles. The molecular weight excluding hydrogens is 496 g/mol. The van der Waals surface area contributed by atoms with Crippen molar-refractivity contribution < 1.29 is 48.1 Å². The van der Waals surface area contributed by atoms with Crippen LogP contribution in [0, 0.1) is 11.8 Å². The van der Waals surface area contributed by atoms with Gasteiger partial charge in [-0.15, -0.1) is 0 Å². The van der Waals surface area contributed by atoms with Gasteiger partial charge in [-0.05, 0) is 50.0 Å². The average Bonchev–Trinajstić information content (AvgIpc) is 2.79. The highest BCUT2D eigenvalue weighted by molar-refractivity contribution is 6.24. The Bertz CT molecular complexity index is 1240. The Kier molecular flexibility index (Phi) is 6.84. The van der Waals surface area contributed by atoms with Gasteiger partial charge in [0, 0.05) is 25.1 Å². The van der Waals surface area contributed by atoms with E-state index in [-0.39, 0.29) is 36.3 Å². The molecule has 0 unspecified atom stereocenters. The number of carbonyl (C=O) groups is 3. The standard InChI is InChI=1S/C24H27F2N3O8/c1-29(2)17-12-7-10-6-11-9(8-28-37-23(25)26)4-5-13(30)15(11)18(31)14(10)20(33)24(12,36-3)21(34)16(19(17)32)22(27)35/h4-5,10,12,17,23,28,30-31,34H,6-8H2,1-3H3,(H2,27,35)/t10-,12-,17-,24-/m0/s1. The maximum absolute atomic E-state index is 14.0. The monoisotopic (exact) mass is 523 g/mol. The molecule has 1 saturated carbocycles. The number of ether oxygens (including phenoxy) is 1. The molecule has 0 spiro atoms. The second-order valence-corrected chi connectivity index (χ2v) is 9.43. The molecule has 0 heterocycles. The van der Waals surface area contributed by atoms with Crippen LogP contribution in [0.5, 0.6) is 5.75 Å². The fourth-order valence-electron chi connectivity index (χ4n) is 5.98. The molecule has 4 atom stereocenters. The SMILES string of the molecule is CO[C@]12C(=O)C3=C(O)c4c(O)ccc(CNOC(F)F)c4C[C@H]3C[C@H]1[C@H](N(C)C)C(=O)C(C(N)=O)=C2O. The van der Waals surface area contributed by atoms with Crippen LogP contribution in [0.3, 0.4) is 0 Å². The minimum Gasteiger partial charge on any atom is -0.508 e. The number of likely N-dealkylation sites (N-methyl/N-ethyl adjacent to an activating group) is 1. The molecule has 11 nitrogen and oxygen atoms in total. The van der Waals surface area contributed by atoms with Crippen molar-refractivity contribution in [3.63, 3.8) is 0 Å². The summed E-state index contributed by atoms with van der Waals surface area (Å²) in [5.41, 5.74) is 5.17. The second-order valence-electron chi connectivity index (χ2n) is 9.43. The second kappa shape index (κ2) is 9.49. The van der Waals surface area contributed by atoms with Gasteiger partial charge < -0.3 is 25.8 Å². The number of halogens is 2. The number of hydroxylamine groups is 1. The zero-order chi connectivity index (χ0) is 27.4. The largest absolute Gasteiger partial charge is 0.508 e. The number of methoxy groups -OCH3 is 1. The predicted octanol–water partition coefficient (Wildman–Crippen LogP) is 0.862. The number of nitrogens with two attached hydrogens (primary N) is 1. The molecular formula is C24H27F2N3O8. The number of fused-ring (bicyclic) bond motifs is 3. The van der Waals surface area contributed by atoms with Gasteiger partial charge in [-0.2, -0.15) is 14.3 Å². The first-order valence-corrected chi connectivity index (χ1v) is 11.4. The molecule has 0 radical (unpaired) electrons. The highest BCUT2D eigenvalue weighted by Gasteiger charge is 2.65. The molecule has 0 saturated heterocycles. The van der Waals surface area contributed by atoms with E-state index in [0.29, 0.717) is 11.1 Å². The Labute approximate surface area is 210 Å². The van der Waals surface area contributed by atoms with E-state index in [1.165, 1.54) is 17.0 Å². The maximum atomic E-state index is 14.0. The van der Waals surface area contributed by atoms with Crippen LogP contribution in [0.4, 0.5) is 8.78 Å². The molecule has 200 valence electrons. The minimum atomic E-state index is -3.07. The first kappa shape index (κ1) is 26.7. The van der Waals surface area contributed by atoms with Crippen LogP contribution < -0.4 is 11.2 Å². The third kappa shape index (κ3) is 3.89. The lowest BCUT2D eigenvalue weighted by Crippen LogP contribution is -2.66. The van der Waals surface area contributed by atoms with Crippen molar-refractivity contribution >= 4 is 23.2 Å². The molecule has 6 N–H and O–H groups in total. The smallest absolute Gasteiger partial charge is 0.360 e. The van der Waals surface area contributed by atoms with E-state index in [1.54, 1.807) is 14.1 Å². The van der Waals surface area contributed by atoms with Gasteiger partial charge >= 0.3 is 6.61 Å². The van der Waals surface area contributed by atoms with E-state index in [2.05, 4.69) is 10.3 Å². The number of nitrogens with zero attached hydrogens (tertiary/aromatic N) is 1. The highest BCUT2D eigenvalue weighted by atomic mass is 19.3. The van der Waals surface area contributed by atoms with Crippen molar-refractivity contribution in [2.75, 3.05) is 21.2 Å². The molecule has 1 amide bonds. The number of nitrogens with one attached hydrogen (secondary N) is 1. The fraction of sp³-hybridized carbons (Fsp3) is 0.458. The summed E-state index contributed by atoms with van der Waals surface area (Å²) in [4.78, 5) is 45.0. The van der Waals surface area contributed by atoms with Gasteiger partial charge in [0.1, 0.15) is 22.8 Å². The van der Waals surface area contributed by atoms with Crippen LogP contribution in [0.2, 0.25) is 0 Å². The van der Waals surface area contributed by atoms with E-state index in [0.717, 1.165) is 7.11 Å². The molecule has 13 heteroatoms. The summed E-state index contributed by atoms with van der Waals surface area (Å²) in [5, 5.41) is 32.9. The highest BCUT2D eigenvalue weighted by Crippen LogP contribution is 2.54. The van der Waals surface area contributed by atoms with Crippen molar-refractivity contribution in [2.45, 2.75) is 37.6 Å². The lowest BCUT2D eigenvalue weighted by molar-refractivity contribution is -0.175. The van der Waals surface area contributed by atoms with Crippen molar-refractivity contribution in [3.05, 3.63) is 45.7 Å². The zero-order valence-electron chi connectivity index (χ0n) is 20.2. The lowest BCUT2D eigenvalue weighted by atomic mass is 9.57. The van der Waals surface area contributed by atoms with Gasteiger partial charge in [-0.3, -0.25) is 19.3 Å². The van der Waals surface area contributed by atoms with Gasteiger partial charge in [0.25, 0.3) is 5.91 Å². The number of aliphatic hydroxyl groups is 2. The van der Waals surface area contributed by atoms with Gasteiger partial charge in [0.2, 0.25) is 5.78 Å². The third-order valence-electron chi connectivity index (χ3n) is 7.43. The number of primary amides is 1. The average molecular weight is 523 g/mol. The van der Waals surface area contributed by atoms with Crippen LogP contribution in [-0.4, -0.2) is 77.2 Å². The molecule has 1 aromatic carbocycles. The molecule has 4 rings (SSSR count). The van der Waals surface area contributed by atoms with Crippen LogP contribution in [0.25, 0.3) is 5.76 Å². The van der Waals surface area contributed by atoms with Crippen molar-refractivity contribution in [1.82, 2.24) is 10.4 Å². The Morgan fingerprint density at radius 1 is 1.27 bits per heavy atom. The molecule has 37 heavy (non-hydrogen) atoms. The molecule has 1 aromatic rings. The van der Waals surface area contributed by atoms with E-state index in [4.69, 9.17) is 10.5 Å². The van der Waals surface area contributed by atoms with Crippen LogP contribution in [0.15, 0.2) is 29.0 Å². The summed E-state index contributed by atoms with van der Waals surface area (Å²) in [6, 6.07) is 1.64. The Hall–Kier alpha value is -3.39. The van der Waals surface area contributed by atoms with Crippen molar-refractivity contribution in [2.24, 2.45) is 17.6 Å². The number of carbonyl (C=O) groups excluding carboxylic acids is 3. The number of aliphatic hydroxyl groups excluding tert-OH is 2. The molecule has 3 aliphatic carbocycles. The summed E-state index contributed by atoms with van der Waals surface area (Å²) in [5.74, 6) is -6.39. The predicted molar refractivity (Wildman–Crippen MR) is 123 cm³/mol. The number of amides is 1. The summed E-state index contributed by atoms with van der Waals surface area (Å²) in [6.07, 6.45) is 0.150. The van der Waals surface area contributed by atoms with E-state index >= 15 is 0 Å². The number of phenolic OH excluding ortho intramolecular Hbond substituents is 1. The lowest BCUT2D eigenvalue weighted by Gasteiger charge is -2.52. The zero-order valence-corrected chi connectivity index (χ0v) is 20.2. The maximum Gasteiger partial charge on any atom is 0.360 e. The molecule has 3 aliphatic rings. The van der Waals surface area contributed by atoms with E-state index in [9.17, 15) is 38.5 Å². The first-order valence-electron chi connectivity index (χ1n) is 11.4. The fourth-order valence-corrected chi connectivity index (χ4v) is 5.98. The number of hydrogen-bond acceptors (Lipinski definition) is 10. The Morgan fingerprint density at radius 3 is 2.51 bits per heavy atom. The topological polar surface area (TPSA) is 172 Å². The van der Waals surface area contributed by atoms with Crippen molar-refractivity contribution in [3.8, 4) is 5.75 Å². The summed E-state index contributed by atoms with van der Waals surface area (Å²) < 4.78 is 30.4. The normalized spacial score (nSPS) is 27.5. The van der Waals surface area contributed by atoms with Crippen LogP contribution >= 0.6 is 0 Å². The number of rotatable bonds is 7. The minimum absolute atomic E-state index is 0.0547. The first-order chi connectivity index (χ1) is 17.4. The summed E-state index contributed by atoms with van der Waals surface area (Å²) in [7, 11) is 4.28. The van der Waals surface area contributed by atoms with E-state index in [1.807, 2.05) is 0 Å². The van der Waals surface area contributed by atoms with Gasteiger partial charge in [0.15, 0.2) is 11.4 Å². The van der Waals surface area contributed by atoms with Crippen molar-refractivity contribution in [1.29, 1.82) is 0 Å². The van der Waals surface area contributed by atoms with E-state index < -0.39 is 64.7 Å². The van der Waals surface area contributed by atoms with Gasteiger partial charge in [-0.1, -0.05) is 6.07 Å². The number of benzene rings is 1. The Morgan fingerprint density at radius 2 is 1.95 bits per heavy atom. The van der Waals surface area contributed by atoms with Crippen LogP contribution in [-0.2, 0) is 36.9 Å². The van der Waals surface area contributed by atoms with Gasteiger partial charge in [0.05, 0.1) is 11.6 Å². The Balaban J connectivity index is 1.91. The molecule has 1 fully saturated rings. The summed E-state index contributed by atoms with van der Waals surface area (Å²) >= 11 is 0. The quantitative estimate of drug-likeness (QED) is 0.255. The number of Topliss-reactive ketones (excluding diaryl/α,β-unsaturated/α-hetero) is 2. The number of alkyl halides is 2. The number of hydrogen-bond donors (Lipinski definition) is 5.